The van der Waals surface area contributed by atoms with Gasteiger partial charge in [0.1, 0.15) is 0 Å². The van der Waals surface area contributed by atoms with E-state index in [-0.39, 0.29) is 17.9 Å². The number of hydrogen-bond acceptors (Lipinski definition) is 5. The van der Waals surface area contributed by atoms with Crippen molar-refractivity contribution in [3.05, 3.63) is 70.3 Å². The van der Waals surface area contributed by atoms with Crippen LogP contribution in [0.5, 0.6) is 5.88 Å². The van der Waals surface area contributed by atoms with Crippen molar-refractivity contribution in [2.24, 2.45) is 0 Å². The first-order chi connectivity index (χ1) is 13.4. The van der Waals surface area contributed by atoms with Gasteiger partial charge in [-0.05, 0) is 48.9 Å². The summed E-state index contributed by atoms with van der Waals surface area (Å²) in [5.74, 6) is -1.24. The number of halogens is 4. The summed E-state index contributed by atoms with van der Waals surface area (Å²) < 4.78 is 76.0. The van der Waals surface area contributed by atoms with Gasteiger partial charge in [-0.3, -0.25) is 4.57 Å². The zero-order valence-corrected chi connectivity index (χ0v) is 15.5. The highest BCUT2D eigenvalue weighted by molar-refractivity contribution is 7.92. The second kappa shape index (κ2) is 7.03. The van der Waals surface area contributed by atoms with Crippen molar-refractivity contribution in [3.63, 3.8) is 0 Å². The van der Waals surface area contributed by atoms with Crippen molar-refractivity contribution in [3.8, 4) is 11.6 Å². The number of aromatic hydroxyl groups is 1. The number of sulfone groups is 1. The van der Waals surface area contributed by atoms with Gasteiger partial charge in [0.15, 0.2) is 0 Å². The Kier molecular flexibility index (Phi) is 4.99. The highest BCUT2D eigenvalue weighted by Gasteiger charge is 2.46. The highest BCUT2D eigenvalue weighted by atomic mass is 32.2. The summed E-state index contributed by atoms with van der Waals surface area (Å²) in [6.07, 6.45) is 1.21. The number of imidazole rings is 1. The molecule has 2 heterocycles. The van der Waals surface area contributed by atoms with E-state index in [2.05, 4.69) is 4.98 Å². The zero-order chi connectivity index (χ0) is 21.6. The van der Waals surface area contributed by atoms with Gasteiger partial charge < -0.3 is 5.11 Å². The molecule has 154 valence electrons. The molecule has 0 amide bonds. The molecule has 0 aliphatic heterocycles. The molecule has 2 aromatic heterocycles. The van der Waals surface area contributed by atoms with Crippen LogP contribution in [0.15, 0.2) is 52.3 Å². The third kappa shape index (κ3) is 3.62. The summed E-state index contributed by atoms with van der Waals surface area (Å²) in [6, 6.07) is 5.90. The van der Waals surface area contributed by atoms with Gasteiger partial charge in [-0.25, -0.2) is 22.8 Å². The van der Waals surface area contributed by atoms with E-state index in [1.165, 1.54) is 19.2 Å². The fourth-order valence-electron chi connectivity index (χ4n) is 2.69. The zero-order valence-electron chi connectivity index (χ0n) is 14.7. The first kappa shape index (κ1) is 20.6. The first-order valence-electron chi connectivity index (χ1n) is 7.97. The van der Waals surface area contributed by atoms with E-state index < -0.39 is 37.8 Å². The molecule has 0 bridgehead atoms. The molecule has 0 atom stereocenters. The number of nitrogens with zero attached hydrogens (tertiary/aromatic N) is 3. The van der Waals surface area contributed by atoms with Crippen LogP contribution in [-0.4, -0.2) is 33.2 Å². The lowest BCUT2D eigenvalue weighted by Crippen LogP contribution is -2.25. The molecule has 0 fully saturated rings. The lowest BCUT2D eigenvalue weighted by molar-refractivity contribution is -0.0436. The number of benzene rings is 1. The first-order valence-corrected chi connectivity index (χ1v) is 9.45. The molecule has 0 unspecified atom stereocenters. The maximum atomic E-state index is 13.3. The van der Waals surface area contributed by atoms with Crippen LogP contribution >= 0.6 is 0 Å². The van der Waals surface area contributed by atoms with Crippen LogP contribution in [-0.2, 0) is 16.4 Å². The van der Waals surface area contributed by atoms with Crippen molar-refractivity contribution >= 4 is 9.84 Å². The maximum absolute atomic E-state index is 13.3. The fraction of sp³-hybridized carbons (Fsp3) is 0.176. The smallest absolute Gasteiger partial charge is 0.493 e. The Morgan fingerprint density at radius 2 is 1.76 bits per heavy atom. The number of rotatable bonds is 4. The van der Waals surface area contributed by atoms with Crippen LogP contribution in [0.4, 0.5) is 17.6 Å². The van der Waals surface area contributed by atoms with E-state index in [1.807, 2.05) is 0 Å². The Morgan fingerprint density at radius 1 is 1.14 bits per heavy atom. The molecule has 0 spiro atoms. The molecule has 0 saturated heterocycles. The Bertz CT molecular complexity index is 1230. The molecule has 1 N–H and O–H groups in total. The Balaban J connectivity index is 2.03. The van der Waals surface area contributed by atoms with Gasteiger partial charge in [-0.15, -0.1) is 0 Å². The quantitative estimate of drug-likeness (QED) is 0.506. The van der Waals surface area contributed by atoms with Gasteiger partial charge in [0.2, 0.25) is 11.8 Å². The molecular formula is C17H13F4N3O4S. The molecule has 0 aliphatic carbocycles. The van der Waals surface area contributed by atoms with Crippen molar-refractivity contribution in [1.29, 1.82) is 0 Å². The van der Waals surface area contributed by atoms with Crippen LogP contribution in [0.3, 0.4) is 0 Å². The average molecular weight is 431 g/mol. The van der Waals surface area contributed by atoms with Crippen molar-refractivity contribution in [2.75, 3.05) is 0 Å². The van der Waals surface area contributed by atoms with Crippen LogP contribution in [0.25, 0.3) is 5.69 Å². The summed E-state index contributed by atoms with van der Waals surface area (Å²) in [5.41, 5.74) is -5.74. The van der Waals surface area contributed by atoms with Gasteiger partial charge in [-0.1, -0.05) is 0 Å². The SMILES string of the molecule is Cc1c(O)n(-c2ccc(S(=O)(=O)C(F)(F)F)cc2)c(=O)n1Cc1ccnc(F)c1. The fourth-order valence-corrected chi connectivity index (χ4v) is 3.45. The normalized spacial score (nSPS) is 12.3. The lowest BCUT2D eigenvalue weighted by Gasteiger charge is -2.09. The van der Waals surface area contributed by atoms with E-state index in [4.69, 9.17) is 0 Å². The predicted molar refractivity (Wildman–Crippen MR) is 93.0 cm³/mol. The monoisotopic (exact) mass is 431 g/mol. The molecule has 29 heavy (non-hydrogen) atoms. The number of hydrogen-bond donors (Lipinski definition) is 1. The minimum Gasteiger partial charge on any atom is -0.493 e. The number of alkyl halides is 3. The molecule has 0 aliphatic rings. The molecule has 3 rings (SSSR count). The summed E-state index contributed by atoms with van der Waals surface area (Å²) >= 11 is 0. The predicted octanol–water partition coefficient (Wildman–Crippen LogP) is 2.53. The van der Waals surface area contributed by atoms with E-state index in [1.54, 1.807) is 0 Å². The Hall–Kier alpha value is -3.15. The lowest BCUT2D eigenvalue weighted by atomic mass is 10.2. The minimum absolute atomic E-state index is 0.0450. The van der Waals surface area contributed by atoms with Crippen molar-refractivity contribution in [1.82, 2.24) is 14.1 Å². The van der Waals surface area contributed by atoms with Gasteiger partial charge in [0.05, 0.1) is 22.8 Å². The standard InChI is InChI=1S/C17H13F4N3O4S/c1-10-15(25)24(16(26)23(10)9-11-6-7-22-14(18)8-11)12-2-4-13(5-3-12)29(27,28)17(19,20)21/h2-8,25H,9H2,1H3. The third-order valence-corrected chi connectivity index (χ3v) is 5.71. The largest absolute Gasteiger partial charge is 0.501 e. The molecule has 0 radical (unpaired) electrons. The Morgan fingerprint density at radius 3 is 2.31 bits per heavy atom. The maximum Gasteiger partial charge on any atom is 0.501 e. The summed E-state index contributed by atoms with van der Waals surface area (Å²) in [6.45, 7) is 1.33. The van der Waals surface area contributed by atoms with Crippen molar-refractivity contribution in [2.45, 2.75) is 23.9 Å². The topological polar surface area (TPSA) is 94.2 Å². The summed E-state index contributed by atoms with van der Waals surface area (Å²) in [5, 5.41) is 10.3. The van der Waals surface area contributed by atoms with Crippen molar-refractivity contribution < 1.29 is 31.1 Å². The molecule has 12 heteroatoms. The van der Waals surface area contributed by atoms with E-state index in [0.29, 0.717) is 17.7 Å². The minimum atomic E-state index is -5.54. The third-order valence-electron chi connectivity index (χ3n) is 4.20. The number of pyridine rings is 1. The molecule has 0 saturated carbocycles. The van der Waals surface area contributed by atoms with Crippen LogP contribution in [0.2, 0.25) is 0 Å². The number of aromatic nitrogens is 3. The van der Waals surface area contributed by atoms with E-state index in [0.717, 1.165) is 27.3 Å². The van der Waals surface area contributed by atoms with Crippen LogP contribution in [0.1, 0.15) is 11.3 Å². The van der Waals surface area contributed by atoms with Gasteiger partial charge in [-0.2, -0.15) is 17.6 Å². The summed E-state index contributed by atoms with van der Waals surface area (Å²) in [4.78, 5) is 15.1. The van der Waals surface area contributed by atoms with Crippen LogP contribution in [0, 0.1) is 12.9 Å². The second-order valence-corrected chi connectivity index (χ2v) is 7.98. The van der Waals surface area contributed by atoms with Crippen LogP contribution < -0.4 is 5.69 Å². The highest BCUT2D eigenvalue weighted by Crippen LogP contribution is 2.31. The molecule has 7 nitrogen and oxygen atoms in total. The van der Waals surface area contributed by atoms with Gasteiger partial charge >= 0.3 is 11.2 Å². The van der Waals surface area contributed by atoms with E-state index >= 15 is 0 Å². The summed E-state index contributed by atoms with van der Waals surface area (Å²) in [7, 11) is -5.54. The average Bonchev–Trinajstić information content (AvgIpc) is 2.84. The Labute approximate surface area is 161 Å². The molecule has 1 aromatic carbocycles. The van der Waals surface area contributed by atoms with E-state index in [9.17, 15) is 35.9 Å². The molecule has 3 aromatic rings. The second-order valence-electron chi connectivity index (χ2n) is 6.04. The van der Waals surface area contributed by atoms with Gasteiger partial charge in [0.25, 0.3) is 9.84 Å². The van der Waals surface area contributed by atoms with Gasteiger partial charge in [0, 0.05) is 6.20 Å². The molecular weight excluding hydrogens is 418 g/mol.